The van der Waals surface area contributed by atoms with Gasteiger partial charge in [-0.2, -0.15) is 10.4 Å². The van der Waals surface area contributed by atoms with E-state index in [-0.39, 0.29) is 11.5 Å². The topological polar surface area (TPSA) is 108 Å². The van der Waals surface area contributed by atoms with Gasteiger partial charge in [0.25, 0.3) is 0 Å². The summed E-state index contributed by atoms with van der Waals surface area (Å²) in [6, 6.07) is 16.8. The van der Waals surface area contributed by atoms with E-state index in [1.807, 2.05) is 43.3 Å². The summed E-state index contributed by atoms with van der Waals surface area (Å²) in [5, 5.41) is 20.8. The molecule has 0 aliphatic rings. The minimum atomic E-state index is -0.135. The Labute approximate surface area is 177 Å². The molecular formula is C24H17N5O2. The molecule has 0 aliphatic heterocycles. The van der Waals surface area contributed by atoms with Crippen LogP contribution in [0, 0.1) is 11.3 Å². The largest absolute Gasteiger partial charge is 0.462 e. The number of pyridine rings is 1. The Morgan fingerprint density at radius 2 is 2.06 bits per heavy atom. The summed E-state index contributed by atoms with van der Waals surface area (Å²) in [5.41, 5.74) is 3.90. The molecule has 31 heavy (non-hydrogen) atoms. The van der Waals surface area contributed by atoms with Crippen molar-refractivity contribution >= 4 is 27.7 Å². The van der Waals surface area contributed by atoms with Gasteiger partial charge in [0, 0.05) is 11.4 Å². The molecule has 3 aromatic heterocycles. The molecule has 5 aromatic rings. The molecule has 2 aromatic carbocycles. The molecule has 0 saturated heterocycles. The average molecular weight is 407 g/mol. The van der Waals surface area contributed by atoms with E-state index in [1.54, 1.807) is 24.5 Å². The molecule has 0 saturated carbocycles. The molecule has 0 amide bonds. The van der Waals surface area contributed by atoms with E-state index in [1.165, 1.54) is 6.26 Å². The van der Waals surface area contributed by atoms with Crippen molar-refractivity contribution in [2.24, 2.45) is 0 Å². The van der Waals surface area contributed by atoms with E-state index in [0.717, 1.165) is 22.0 Å². The van der Waals surface area contributed by atoms with Crippen LogP contribution in [0.4, 0.5) is 5.82 Å². The van der Waals surface area contributed by atoms with Crippen molar-refractivity contribution in [2.45, 2.75) is 13.0 Å². The third-order valence-electron chi connectivity index (χ3n) is 5.29. The first-order valence-corrected chi connectivity index (χ1v) is 9.74. The first kappa shape index (κ1) is 18.6. The second-order valence-corrected chi connectivity index (χ2v) is 7.32. The van der Waals surface area contributed by atoms with Gasteiger partial charge in [-0.3, -0.25) is 9.89 Å². The fourth-order valence-corrected chi connectivity index (χ4v) is 3.60. The smallest absolute Gasteiger partial charge is 0.200 e. The van der Waals surface area contributed by atoms with Crippen LogP contribution in [0.3, 0.4) is 0 Å². The normalized spacial score (nSPS) is 12.0. The molecule has 0 aliphatic carbocycles. The average Bonchev–Trinajstić information content (AvgIpc) is 3.27. The number of hydrogen-bond donors (Lipinski definition) is 2. The lowest BCUT2D eigenvalue weighted by Crippen LogP contribution is -2.10. The van der Waals surface area contributed by atoms with Crippen molar-refractivity contribution in [3.63, 3.8) is 0 Å². The number of benzene rings is 2. The third-order valence-corrected chi connectivity index (χ3v) is 5.29. The van der Waals surface area contributed by atoms with Crippen molar-refractivity contribution in [3.05, 3.63) is 88.5 Å². The zero-order valence-electron chi connectivity index (χ0n) is 16.6. The van der Waals surface area contributed by atoms with Gasteiger partial charge in [0.15, 0.2) is 5.58 Å². The Morgan fingerprint density at radius 3 is 2.94 bits per heavy atom. The van der Waals surface area contributed by atoms with Crippen LogP contribution in [-0.4, -0.2) is 15.2 Å². The summed E-state index contributed by atoms with van der Waals surface area (Å²) >= 11 is 0. The maximum absolute atomic E-state index is 13.2. The predicted molar refractivity (Wildman–Crippen MR) is 119 cm³/mol. The summed E-state index contributed by atoms with van der Waals surface area (Å²) in [6.45, 7) is 1.97. The predicted octanol–water partition coefficient (Wildman–Crippen LogP) is 4.78. The van der Waals surface area contributed by atoms with E-state index >= 15 is 0 Å². The molecule has 1 atom stereocenters. The Balaban J connectivity index is 1.52. The third kappa shape index (κ3) is 3.40. The van der Waals surface area contributed by atoms with Crippen LogP contribution in [0.5, 0.6) is 0 Å². The van der Waals surface area contributed by atoms with Crippen molar-refractivity contribution in [3.8, 4) is 17.2 Å². The summed E-state index contributed by atoms with van der Waals surface area (Å²) in [5.74, 6) is 0.552. The first-order valence-electron chi connectivity index (χ1n) is 9.74. The zero-order chi connectivity index (χ0) is 21.4. The minimum Gasteiger partial charge on any atom is -0.462 e. The molecule has 0 radical (unpaired) electrons. The molecule has 5 rings (SSSR count). The number of rotatable bonds is 4. The molecule has 0 bridgehead atoms. The SMILES string of the molecule is C[C@H](Nc1cc2c(=O)c(-c3ccc4cn[nH]c4c3)coc2cn1)c1cccc(C#N)c1. The zero-order valence-corrected chi connectivity index (χ0v) is 16.6. The van der Waals surface area contributed by atoms with Crippen LogP contribution in [-0.2, 0) is 0 Å². The molecule has 7 nitrogen and oxygen atoms in total. The molecule has 2 N–H and O–H groups in total. The first-order chi connectivity index (χ1) is 15.1. The quantitative estimate of drug-likeness (QED) is 0.444. The number of nitriles is 1. The number of anilines is 1. The number of aromatic nitrogens is 3. The lowest BCUT2D eigenvalue weighted by Gasteiger charge is -2.15. The van der Waals surface area contributed by atoms with Gasteiger partial charge in [0.1, 0.15) is 12.1 Å². The number of nitrogens with zero attached hydrogens (tertiary/aromatic N) is 3. The van der Waals surface area contributed by atoms with E-state index in [9.17, 15) is 4.79 Å². The van der Waals surface area contributed by atoms with E-state index in [2.05, 4.69) is 26.6 Å². The van der Waals surface area contributed by atoms with Crippen molar-refractivity contribution in [1.29, 1.82) is 5.26 Å². The van der Waals surface area contributed by atoms with E-state index < -0.39 is 0 Å². The van der Waals surface area contributed by atoms with Crippen LogP contribution in [0.25, 0.3) is 33.0 Å². The number of fused-ring (bicyclic) bond motifs is 2. The highest BCUT2D eigenvalue weighted by molar-refractivity contribution is 5.87. The van der Waals surface area contributed by atoms with Crippen LogP contribution in [0.15, 0.2) is 76.4 Å². The number of hydrogen-bond acceptors (Lipinski definition) is 6. The van der Waals surface area contributed by atoms with Crippen LogP contribution < -0.4 is 10.7 Å². The van der Waals surface area contributed by atoms with Gasteiger partial charge >= 0.3 is 0 Å². The summed E-state index contributed by atoms with van der Waals surface area (Å²) < 4.78 is 5.69. The van der Waals surface area contributed by atoms with Gasteiger partial charge in [0.2, 0.25) is 5.43 Å². The number of nitrogens with one attached hydrogen (secondary N) is 2. The molecule has 3 heterocycles. The highest BCUT2D eigenvalue weighted by Crippen LogP contribution is 2.25. The summed E-state index contributed by atoms with van der Waals surface area (Å²) in [6.07, 6.45) is 4.74. The maximum atomic E-state index is 13.2. The minimum absolute atomic E-state index is 0.101. The molecule has 0 unspecified atom stereocenters. The molecule has 0 spiro atoms. The van der Waals surface area contributed by atoms with Gasteiger partial charge in [-0.1, -0.05) is 24.3 Å². The van der Waals surface area contributed by atoms with Gasteiger partial charge < -0.3 is 9.73 Å². The molecular weight excluding hydrogens is 390 g/mol. The van der Waals surface area contributed by atoms with Crippen LogP contribution >= 0.6 is 0 Å². The second-order valence-electron chi connectivity index (χ2n) is 7.32. The fraction of sp³-hybridized carbons (Fsp3) is 0.0833. The Bertz CT molecular complexity index is 1530. The molecule has 7 heteroatoms. The monoisotopic (exact) mass is 407 g/mol. The van der Waals surface area contributed by atoms with Gasteiger partial charge in [0.05, 0.1) is 40.5 Å². The lowest BCUT2D eigenvalue weighted by molar-refractivity contribution is 0.603. The van der Waals surface area contributed by atoms with Gasteiger partial charge in [-0.05, 0) is 42.3 Å². The molecule has 150 valence electrons. The van der Waals surface area contributed by atoms with Crippen LogP contribution in [0.2, 0.25) is 0 Å². The second kappa shape index (κ2) is 7.43. The van der Waals surface area contributed by atoms with Crippen molar-refractivity contribution in [2.75, 3.05) is 5.32 Å². The Hall–Kier alpha value is -4.44. The van der Waals surface area contributed by atoms with E-state index in [0.29, 0.717) is 27.9 Å². The van der Waals surface area contributed by atoms with Crippen molar-refractivity contribution in [1.82, 2.24) is 15.2 Å². The fourth-order valence-electron chi connectivity index (χ4n) is 3.60. The lowest BCUT2D eigenvalue weighted by atomic mass is 10.0. The summed E-state index contributed by atoms with van der Waals surface area (Å²) in [4.78, 5) is 17.6. The maximum Gasteiger partial charge on any atom is 0.200 e. The Morgan fingerprint density at radius 1 is 1.16 bits per heavy atom. The van der Waals surface area contributed by atoms with Crippen LogP contribution in [0.1, 0.15) is 24.1 Å². The standard InChI is InChI=1S/C24H17N5O2/c1-14(16-4-2-3-15(7-16)10-25)28-23-9-19-22(12-26-23)31-13-20(24(19)30)17-5-6-18-11-27-29-21(18)8-17/h2-9,11-14H,1H3,(H,26,28)(H,27,29)/t14-/m0/s1. The Kier molecular flexibility index (Phi) is 4.45. The number of H-pyrrole nitrogens is 1. The van der Waals surface area contributed by atoms with Gasteiger partial charge in [-0.15, -0.1) is 0 Å². The highest BCUT2D eigenvalue weighted by Gasteiger charge is 2.13. The number of aromatic amines is 1. The van der Waals surface area contributed by atoms with E-state index in [4.69, 9.17) is 9.68 Å². The van der Waals surface area contributed by atoms with Gasteiger partial charge in [-0.25, -0.2) is 4.98 Å². The van der Waals surface area contributed by atoms with Crippen molar-refractivity contribution < 1.29 is 4.42 Å². The summed E-state index contributed by atoms with van der Waals surface area (Å²) in [7, 11) is 0. The highest BCUT2D eigenvalue weighted by atomic mass is 16.3. The molecule has 0 fully saturated rings.